The monoisotopic (exact) mass is 272 g/mol. The van der Waals surface area contributed by atoms with Crippen LogP contribution in [0, 0.1) is 6.92 Å². The maximum atomic E-state index is 3.28. The van der Waals surface area contributed by atoms with Gasteiger partial charge < -0.3 is 8.51 Å². The van der Waals surface area contributed by atoms with Gasteiger partial charge in [-0.3, -0.25) is 0 Å². The third-order valence-electron chi connectivity index (χ3n) is 1.86. The second-order valence-electron chi connectivity index (χ2n) is 2.85. The van der Waals surface area contributed by atoms with Crippen LogP contribution < -0.4 is 3.53 Å². The molecule has 0 saturated heterocycles. The molecule has 0 radical (unpaired) electrons. The zero-order valence-electron chi connectivity index (χ0n) is 6.69. The fraction of sp³-hybridized carbons (Fsp3) is 0.111. The van der Waals surface area contributed by atoms with Crippen LogP contribution in [0.3, 0.4) is 0 Å². The Bertz CT molecular complexity index is 406. The average Bonchev–Trinajstić information content (AvgIpc) is 2.43. The molecule has 3 heteroatoms. The van der Waals surface area contributed by atoms with Gasteiger partial charge in [-0.1, -0.05) is 0 Å². The quantitative estimate of drug-likeness (QED) is 0.605. The van der Waals surface area contributed by atoms with Crippen molar-refractivity contribution in [3.63, 3.8) is 0 Å². The van der Waals surface area contributed by atoms with E-state index in [1.165, 1.54) is 16.6 Å². The minimum atomic E-state index is 1.14. The number of rotatable bonds is 1. The van der Waals surface area contributed by atoms with Gasteiger partial charge in [0.2, 0.25) is 0 Å². The van der Waals surface area contributed by atoms with Gasteiger partial charge in [0.15, 0.2) is 0 Å². The molecule has 0 atom stereocenters. The Kier molecular flexibility index (Phi) is 1.96. The van der Waals surface area contributed by atoms with Gasteiger partial charge in [0.1, 0.15) is 0 Å². The van der Waals surface area contributed by atoms with Gasteiger partial charge in [-0.05, 0) is 31.2 Å². The maximum Gasteiger partial charge on any atom is 0.0560 e. The van der Waals surface area contributed by atoms with Crippen molar-refractivity contribution in [3.05, 3.63) is 30.0 Å². The van der Waals surface area contributed by atoms with Gasteiger partial charge >= 0.3 is 0 Å². The molecule has 0 unspecified atom stereocenters. The molecule has 0 amide bonds. The molecule has 2 rings (SSSR count). The van der Waals surface area contributed by atoms with E-state index in [0.29, 0.717) is 0 Å². The Hall–Kier alpha value is -0.710. The minimum Gasteiger partial charge on any atom is -0.359 e. The zero-order chi connectivity index (χ0) is 8.55. The summed E-state index contributed by atoms with van der Waals surface area (Å²) in [6.45, 7) is 2.07. The van der Waals surface area contributed by atoms with E-state index >= 15 is 0 Å². The molecule has 1 aromatic heterocycles. The first-order chi connectivity index (χ1) is 5.79. The summed E-state index contributed by atoms with van der Waals surface area (Å²) in [5, 5.41) is 1.26. The van der Waals surface area contributed by atoms with Gasteiger partial charge in [0, 0.05) is 22.3 Å². The van der Waals surface area contributed by atoms with E-state index in [9.17, 15) is 0 Å². The summed E-state index contributed by atoms with van der Waals surface area (Å²) < 4.78 is 3.08. The van der Waals surface area contributed by atoms with E-state index in [0.717, 1.165) is 5.69 Å². The van der Waals surface area contributed by atoms with Crippen LogP contribution in [0.5, 0.6) is 0 Å². The number of nitrogens with one attached hydrogen (secondary N) is 2. The molecule has 1 aromatic carbocycles. The molecule has 0 aliphatic rings. The SMILES string of the molecule is Cc1cc2cc(NI)ccc2[nH]1. The second kappa shape index (κ2) is 2.97. The highest BCUT2D eigenvalue weighted by molar-refractivity contribution is 14.1. The normalized spacial score (nSPS) is 10.5. The number of hydrogen-bond donors (Lipinski definition) is 2. The number of halogens is 1. The molecule has 2 aromatic rings. The van der Waals surface area contributed by atoms with Gasteiger partial charge in [-0.15, -0.1) is 0 Å². The van der Waals surface area contributed by atoms with Crippen molar-refractivity contribution in [2.45, 2.75) is 6.92 Å². The first kappa shape index (κ1) is 7.91. The number of hydrogen-bond acceptors (Lipinski definition) is 1. The van der Waals surface area contributed by atoms with E-state index in [2.05, 4.69) is 62.6 Å². The Balaban J connectivity index is 2.66. The van der Waals surface area contributed by atoms with Crippen molar-refractivity contribution in [2.24, 2.45) is 0 Å². The fourth-order valence-electron chi connectivity index (χ4n) is 1.34. The number of aryl methyl sites for hydroxylation is 1. The molecule has 2 N–H and O–H groups in total. The van der Waals surface area contributed by atoms with E-state index in [4.69, 9.17) is 0 Å². The van der Waals surface area contributed by atoms with Gasteiger partial charge in [0.05, 0.1) is 22.9 Å². The highest BCUT2D eigenvalue weighted by Gasteiger charge is 1.97. The highest BCUT2D eigenvalue weighted by atomic mass is 127. The largest absolute Gasteiger partial charge is 0.359 e. The predicted molar refractivity (Wildman–Crippen MR) is 60.7 cm³/mol. The number of benzene rings is 1. The number of fused-ring (bicyclic) bond motifs is 1. The molecule has 12 heavy (non-hydrogen) atoms. The van der Waals surface area contributed by atoms with Crippen LogP contribution in [-0.2, 0) is 0 Å². The van der Waals surface area contributed by atoms with Crippen LogP contribution in [0.15, 0.2) is 24.3 Å². The molecule has 0 saturated carbocycles. The van der Waals surface area contributed by atoms with Crippen molar-refractivity contribution in [2.75, 3.05) is 3.53 Å². The standard InChI is InChI=1S/C9H9IN2/c1-6-4-7-5-8(12-10)2-3-9(7)11-6/h2-5,11-12H,1H3. The summed E-state index contributed by atoms with van der Waals surface area (Å²) in [7, 11) is 0. The molecular formula is C9H9IN2. The average molecular weight is 272 g/mol. The molecular weight excluding hydrogens is 263 g/mol. The molecule has 2 nitrogen and oxygen atoms in total. The van der Waals surface area contributed by atoms with E-state index < -0.39 is 0 Å². The summed E-state index contributed by atoms with van der Waals surface area (Å²) >= 11 is 2.13. The van der Waals surface area contributed by atoms with Crippen molar-refractivity contribution in [3.8, 4) is 0 Å². The number of aromatic nitrogens is 1. The summed E-state index contributed by atoms with van der Waals surface area (Å²) in [4.78, 5) is 3.28. The molecule has 62 valence electrons. The van der Waals surface area contributed by atoms with Crippen molar-refractivity contribution in [1.82, 2.24) is 4.98 Å². The first-order valence-corrected chi connectivity index (χ1v) is 4.83. The van der Waals surface area contributed by atoms with Crippen molar-refractivity contribution < 1.29 is 0 Å². The van der Waals surface area contributed by atoms with Gasteiger partial charge in [-0.2, -0.15) is 0 Å². The van der Waals surface area contributed by atoms with Crippen LogP contribution in [0.1, 0.15) is 5.69 Å². The Morgan fingerprint density at radius 2 is 2.17 bits per heavy atom. The van der Waals surface area contributed by atoms with Gasteiger partial charge in [0.25, 0.3) is 0 Å². The predicted octanol–water partition coefficient (Wildman–Crippen LogP) is 3.24. The van der Waals surface area contributed by atoms with Crippen LogP contribution in [0.25, 0.3) is 10.9 Å². The van der Waals surface area contributed by atoms with Crippen molar-refractivity contribution >= 4 is 39.5 Å². The molecule has 0 aliphatic heterocycles. The molecule has 1 heterocycles. The second-order valence-corrected chi connectivity index (χ2v) is 3.39. The Morgan fingerprint density at radius 3 is 2.92 bits per heavy atom. The zero-order valence-corrected chi connectivity index (χ0v) is 8.84. The fourth-order valence-corrected chi connectivity index (χ4v) is 1.67. The third-order valence-corrected chi connectivity index (χ3v) is 2.49. The number of H-pyrrole nitrogens is 1. The summed E-state index contributed by atoms with van der Waals surface area (Å²) in [6, 6.07) is 8.42. The topological polar surface area (TPSA) is 27.8 Å². The molecule has 0 aliphatic carbocycles. The number of aromatic amines is 1. The lowest BCUT2D eigenvalue weighted by Gasteiger charge is -1.96. The summed E-state index contributed by atoms with van der Waals surface area (Å²) in [5.74, 6) is 0. The van der Waals surface area contributed by atoms with E-state index in [-0.39, 0.29) is 0 Å². The summed E-state index contributed by atoms with van der Waals surface area (Å²) in [6.07, 6.45) is 0. The van der Waals surface area contributed by atoms with E-state index in [1.807, 2.05) is 0 Å². The van der Waals surface area contributed by atoms with E-state index in [1.54, 1.807) is 0 Å². The lowest BCUT2D eigenvalue weighted by atomic mass is 10.2. The lowest BCUT2D eigenvalue weighted by molar-refractivity contribution is 1.30. The van der Waals surface area contributed by atoms with Crippen LogP contribution in [0.2, 0.25) is 0 Å². The summed E-state index contributed by atoms with van der Waals surface area (Å²) in [5.41, 5.74) is 3.54. The van der Waals surface area contributed by atoms with Crippen molar-refractivity contribution in [1.29, 1.82) is 0 Å². The minimum absolute atomic E-state index is 1.14. The van der Waals surface area contributed by atoms with Crippen LogP contribution >= 0.6 is 22.9 Å². The first-order valence-electron chi connectivity index (χ1n) is 3.75. The lowest BCUT2D eigenvalue weighted by Crippen LogP contribution is -1.77. The Morgan fingerprint density at radius 1 is 1.33 bits per heavy atom. The smallest absolute Gasteiger partial charge is 0.0560 e. The third kappa shape index (κ3) is 1.29. The molecule has 0 spiro atoms. The van der Waals surface area contributed by atoms with Gasteiger partial charge in [-0.25, -0.2) is 0 Å². The number of anilines is 1. The van der Waals surface area contributed by atoms with Crippen LogP contribution in [-0.4, -0.2) is 4.98 Å². The van der Waals surface area contributed by atoms with Crippen LogP contribution in [0.4, 0.5) is 5.69 Å². The molecule has 0 fully saturated rings. The highest BCUT2D eigenvalue weighted by Crippen LogP contribution is 2.20. The Labute approximate surface area is 84.9 Å². The molecule has 0 bridgehead atoms. The maximum absolute atomic E-state index is 3.28.